The van der Waals surface area contributed by atoms with Crippen LogP contribution in [-0.2, 0) is 11.5 Å². The maximum atomic E-state index is 4.26. The van der Waals surface area contributed by atoms with Gasteiger partial charge in [-0.2, -0.15) is 0 Å². The van der Waals surface area contributed by atoms with Crippen molar-refractivity contribution < 1.29 is 0 Å². The molecule has 0 aliphatic rings. The largest absolute Gasteiger partial charge is 0.249 e. The van der Waals surface area contributed by atoms with E-state index in [1.54, 1.807) is 11.3 Å². The first kappa shape index (κ1) is 10.7. The third-order valence-corrected chi connectivity index (χ3v) is 4.08. The van der Waals surface area contributed by atoms with Gasteiger partial charge in [-0.05, 0) is 12.5 Å². The number of hydrogen-bond acceptors (Lipinski definition) is 3. The Morgan fingerprint density at radius 2 is 2.00 bits per heavy atom. The van der Waals surface area contributed by atoms with Crippen LogP contribution in [0.15, 0.2) is 35.8 Å². The van der Waals surface area contributed by atoms with Crippen LogP contribution in [0.4, 0.5) is 0 Å². The van der Waals surface area contributed by atoms with Crippen LogP contribution < -0.4 is 0 Å². The number of thiazole rings is 1. The van der Waals surface area contributed by atoms with Crippen molar-refractivity contribution >= 4 is 23.1 Å². The predicted molar refractivity (Wildman–Crippen MR) is 68.3 cm³/mol. The van der Waals surface area contributed by atoms with E-state index < -0.39 is 0 Å². The molecule has 78 valence electrons. The van der Waals surface area contributed by atoms with Crippen LogP contribution in [0.25, 0.3) is 0 Å². The molecule has 0 fully saturated rings. The molecule has 0 saturated carbocycles. The Bertz CT molecular complexity index is 392. The van der Waals surface area contributed by atoms with E-state index in [-0.39, 0.29) is 0 Å². The molecule has 15 heavy (non-hydrogen) atoms. The zero-order chi connectivity index (χ0) is 10.5. The second-order valence-electron chi connectivity index (χ2n) is 3.40. The smallest absolute Gasteiger partial charge is 0.102 e. The van der Waals surface area contributed by atoms with Gasteiger partial charge in [0.05, 0.1) is 0 Å². The van der Waals surface area contributed by atoms with Gasteiger partial charge in [-0.3, -0.25) is 0 Å². The van der Waals surface area contributed by atoms with E-state index >= 15 is 0 Å². The van der Waals surface area contributed by atoms with Crippen LogP contribution in [0.1, 0.15) is 16.1 Å². The van der Waals surface area contributed by atoms with Crippen molar-refractivity contribution in [1.82, 2.24) is 4.98 Å². The quantitative estimate of drug-likeness (QED) is 0.797. The van der Waals surface area contributed by atoms with Crippen molar-refractivity contribution in [1.29, 1.82) is 0 Å². The Labute approximate surface area is 98.6 Å². The number of nitrogens with zero attached hydrogens (tertiary/aromatic N) is 1. The van der Waals surface area contributed by atoms with Gasteiger partial charge in [-0.1, -0.05) is 29.8 Å². The molecule has 2 rings (SSSR count). The van der Waals surface area contributed by atoms with E-state index in [0.717, 1.165) is 11.5 Å². The van der Waals surface area contributed by atoms with Crippen molar-refractivity contribution in [2.75, 3.05) is 0 Å². The normalized spacial score (nSPS) is 10.5. The summed E-state index contributed by atoms with van der Waals surface area (Å²) in [6, 6.07) is 8.73. The van der Waals surface area contributed by atoms with Crippen LogP contribution in [-0.4, -0.2) is 4.98 Å². The summed E-state index contributed by atoms with van der Waals surface area (Å²) >= 11 is 3.65. The summed E-state index contributed by atoms with van der Waals surface area (Å²) in [5.41, 5.74) is 2.71. The van der Waals surface area contributed by atoms with Crippen LogP contribution >= 0.6 is 23.1 Å². The summed E-state index contributed by atoms with van der Waals surface area (Å²) in [5.74, 6) is 2.09. The van der Waals surface area contributed by atoms with Gasteiger partial charge < -0.3 is 0 Å². The molecule has 0 radical (unpaired) electrons. The predicted octanol–water partition coefficient (Wildman–Crippen LogP) is 3.88. The molecule has 0 N–H and O–H groups in total. The minimum absolute atomic E-state index is 1.02. The van der Waals surface area contributed by atoms with Gasteiger partial charge in [0.15, 0.2) is 0 Å². The molecular weight excluding hydrogens is 222 g/mol. The number of rotatable bonds is 4. The molecule has 2 aromatic rings. The highest BCUT2D eigenvalue weighted by molar-refractivity contribution is 7.97. The van der Waals surface area contributed by atoms with Gasteiger partial charge in [0.2, 0.25) is 0 Å². The van der Waals surface area contributed by atoms with Crippen LogP contribution in [0.2, 0.25) is 0 Å². The van der Waals surface area contributed by atoms with Gasteiger partial charge in [0, 0.05) is 23.1 Å². The highest BCUT2D eigenvalue weighted by Gasteiger charge is 1.97. The molecule has 0 bridgehead atoms. The molecule has 0 amide bonds. The molecule has 0 aliphatic carbocycles. The summed E-state index contributed by atoms with van der Waals surface area (Å²) in [5, 5.41) is 3.24. The molecule has 0 aliphatic heterocycles. The molecule has 1 aromatic heterocycles. The summed E-state index contributed by atoms with van der Waals surface area (Å²) in [7, 11) is 0. The summed E-state index contributed by atoms with van der Waals surface area (Å²) in [6.45, 7) is 2.12. The van der Waals surface area contributed by atoms with Crippen molar-refractivity contribution in [3.05, 3.63) is 52.0 Å². The molecule has 1 heterocycles. The Morgan fingerprint density at radius 3 is 2.67 bits per heavy atom. The lowest BCUT2D eigenvalue weighted by molar-refractivity contribution is 1.26. The SMILES string of the molecule is Cc1ccc(CSCc2nccs2)cc1. The maximum Gasteiger partial charge on any atom is 0.102 e. The average molecular weight is 235 g/mol. The first-order valence-electron chi connectivity index (χ1n) is 4.86. The Morgan fingerprint density at radius 1 is 1.20 bits per heavy atom. The van der Waals surface area contributed by atoms with Crippen molar-refractivity contribution in [2.45, 2.75) is 18.4 Å². The van der Waals surface area contributed by atoms with E-state index in [9.17, 15) is 0 Å². The average Bonchev–Trinajstić information content (AvgIpc) is 2.74. The van der Waals surface area contributed by atoms with Crippen LogP contribution in [0, 0.1) is 6.92 Å². The van der Waals surface area contributed by atoms with Crippen molar-refractivity contribution in [3.63, 3.8) is 0 Å². The molecule has 3 heteroatoms. The maximum absolute atomic E-state index is 4.26. The van der Waals surface area contributed by atoms with Gasteiger partial charge >= 0.3 is 0 Å². The summed E-state index contributed by atoms with van der Waals surface area (Å²) < 4.78 is 0. The number of benzene rings is 1. The zero-order valence-electron chi connectivity index (χ0n) is 8.64. The third-order valence-electron chi connectivity index (χ3n) is 2.10. The summed E-state index contributed by atoms with van der Waals surface area (Å²) in [4.78, 5) is 4.26. The Hall–Kier alpha value is -0.800. The lowest BCUT2D eigenvalue weighted by Gasteiger charge is -2.00. The van der Waals surface area contributed by atoms with Crippen LogP contribution in [0.5, 0.6) is 0 Å². The minimum atomic E-state index is 1.02. The minimum Gasteiger partial charge on any atom is -0.249 e. The second kappa shape index (κ2) is 5.33. The Balaban J connectivity index is 1.81. The topological polar surface area (TPSA) is 12.9 Å². The first-order valence-corrected chi connectivity index (χ1v) is 6.90. The lowest BCUT2D eigenvalue weighted by Crippen LogP contribution is -1.82. The molecule has 0 atom stereocenters. The molecule has 0 saturated heterocycles. The molecule has 0 unspecified atom stereocenters. The lowest BCUT2D eigenvalue weighted by atomic mass is 10.2. The van der Waals surface area contributed by atoms with E-state index in [2.05, 4.69) is 36.2 Å². The highest BCUT2D eigenvalue weighted by atomic mass is 32.2. The zero-order valence-corrected chi connectivity index (χ0v) is 10.3. The highest BCUT2D eigenvalue weighted by Crippen LogP contribution is 2.19. The van der Waals surface area contributed by atoms with Gasteiger partial charge in [-0.15, -0.1) is 23.1 Å². The van der Waals surface area contributed by atoms with Crippen molar-refractivity contribution in [3.8, 4) is 0 Å². The van der Waals surface area contributed by atoms with E-state index in [4.69, 9.17) is 0 Å². The van der Waals surface area contributed by atoms with Gasteiger partial charge in [0.25, 0.3) is 0 Å². The molecule has 1 nitrogen and oxygen atoms in total. The second-order valence-corrected chi connectivity index (χ2v) is 5.37. The number of hydrogen-bond donors (Lipinski definition) is 0. The standard InChI is InChI=1S/C12H13NS2/c1-10-2-4-11(5-3-10)8-14-9-12-13-6-7-15-12/h2-7H,8-9H2,1H3. The fourth-order valence-electron chi connectivity index (χ4n) is 1.26. The van der Waals surface area contributed by atoms with Crippen molar-refractivity contribution in [2.24, 2.45) is 0 Å². The fraction of sp³-hybridized carbons (Fsp3) is 0.250. The molecule has 1 aromatic carbocycles. The van der Waals surface area contributed by atoms with E-state index in [1.165, 1.54) is 16.1 Å². The number of aromatic nitrogens is 1. The number of thioether (sulfide) groups is 1. The number of aryl methyl sites for hydroxylation is 1. The third kappa shape index (κ3) is 3.36. The molecular formula is C12H13NS2. The first-order chi connectivity index (χ1) is 7.34. The van der Waals surface area contributed by atoms with E-state index in [1.807, 2.05) is 23.3 Å². The monoisotopic (exact) mass is 235 g/mol. The van der Waals surface area contributed by atoms with Crippen LogP contribution in [0.3, 0.4) is 0 Å². The van der Waals surface area contributed by atoms with Gasteiger partial charge in [-0.25, -0.2) is 4.98 Å². The fourth-order valence-corrected chi connectivity index (χ4v) is 2.97. The van der Waals surface area contributed by atoms with E-state index in [0.29, 0.717) is 0 Å². The summed E-state index contributed by atoms with van der Waals surface area (Å²) in [6.07, 6.45) is 1.87. The molecule has 0 spiro atoms. The van der Waals surface area contributed by atoms with Gasteiger partial charge in [0.1, 0.15) is 5.01 Å². The Kier molecular flexibility index (Phi) is 3.80.